The molecule has 2 rings (SSSR count). The van der Waals surface area contributed by atoms with Crippen LogP contribution < -0.4 is 0 Å². The first-order valence-electron chi connectivity index (χ1n) is 7.57. The minimum atomic E-state index is -3.62. The third-order valence-corrected chi connectivity index (χ3v) is 5.86. The van der Waals surface area contributed by atoms with Crippen molar-refractivity contribution >= 4 is 16.0 Å². The van der Waals surface area contributed by atoms with Crippen LogP contribution in [-0.2, 0) is 14.8 Å². The number of hydrogen-bond donors (Lipinski definition) is 0. The quantitative estimate of drug-likeness (QED) is 0.787. The van der Waals surface area contributed by atoms with Gasteiger partial charge in [0.05, 0.1) is 10.5 Å². The number of nitrogens with zero attached hydrogens (tertiary/aromatic N) is 2. The molecule has 1 aromatic carbocycles. The van der Waals surface area contributed by atoms with Crippen molar-refractivity contribution in [1.82, 2.24) is 4.31 Å². The van der Waals surface area contributed by atoms with Crippen molar-refractivity contribution in [3.63, 3.8) is 0 Å². The molecule has 0 N–H and O–H groups in total. The lowest BCUT2D eigenvalue weighted by molar-refractivity contribution is 0.0435. The van der Waals surface area contributed by atoms with Gasteiger partial charge in [-0.1, -0.05) is 12.5 Å². The Bertz CT molecular complexity index is 731. The molecule has 1 heterocycles. The first-order valence-corrected chi connectivity index (χ1v) is 9.01. The summed E-state index contributed by atoms with van der Waals surface area (Å²) in [5.74, 6) is -0.700. The van der Waals surface area contributed by atoms with E-state index in [0.29, 0.717) is 18.7 Å². The molecule has 6 nitrogen and oxygen atoms in total. The maximum Gasteiger partial charge on any atom is 0.339 e. The van der Waals surface area contributed by atoms with Crippen molar-refractivity contribution < 1.29 is 17.9 Å². The standard InChI is InChI=1S/C16H20N2O4S/c1-12-6-7-14(16(19)22-13(2)11-17)10-15(12)23(20,21)18-8-4-3-5-9-18/h6-7,10,13H,3-5,8-9H2,1-2H3/t13-/m1/s1. The van der Waals surface area contributed by atoms with Crippen LogP contribution in [0.15, 0.2) is 23.1 Å². The van der Waals surface area contributed by atoms with E-state index < -0.39 is 22.1 Å². The normalized spacial score (nSPS) is 17.3. The Hall–Kier alpha value is -1.91. The number of carbonyl (C=O) groups excluding carboxylic acids is 1. The van der Waals surface area contributed by atoms with Crippen LogP contribution in [0.2, 0.25) is 0 Å². The van der Waals surface area contributed by atoms with Crippen molar-refractivity contribution in [2.75, 3.05) is 13.1 Å². The van der Waals surface area contributed by atoms with Gasteiger partial charge in [-0.25, -0.2) is 13.2 Å². The van der Waals surface area contributed by atoms with Crippen LogP contribution in [-0.4, -0.2) is 37.9 Å². The zero-order valence-corrected chi connectivity index (χ0v) is 14.1. The molecule has 0 aliphatic carbocycles. The van der Waals surface area contributed by atoms with Crippen molar-refractivity contribution in [2.24, 2.45) is 0 Å². The van der Waals surface area contributed by atoms with Crippen molar-refractivity contribution in [1.29, 1.82) is 5.26 Å². The predicted molar refractivity (Wildman–Crippen MR) is 84.3 cm³/mol. The Morgan fingerprint density at radius 1 is 1.30 bits per heavy atom. The first-order chi connectivity index (χ1) is 10.9. The van der Waals surface area contributed by atoms with Gasteiger partial charge in [-0.2, -0.15) is 9.57 Å². The fourth-order valence-electron chi connectivity index (χ4n) is 2.50. The van der Waals surface area contributed by atoms with E-state index in [1.54, 1.807) is 19.1 Å². The monoisotopic (exact) mass is 336 g/mol. The number of rotatable bonds is 4. The number of nitriles is 1. The molecule has 1 aromatic rings. The second kappa shape index (κ2) is 7.11. The Morgan fingerprint density at radius 3 is 2.57 bits per heavy atom. The van der Waals surface area contributed by atoms with Crippen LogP contribution >= 0.6 is 0 Å². The fourth-order valence-corrected chi connectivity index (χ4v) is 4.27. The van der Waals surface area contributed by atoms with Gasteiger partial charge in [0, 0.05) is 13.1 Å². The van der Waals surface area contributed by atoms with E-state index in [2.05, 4.69) is 0 Å². The van der Waals surface area contributed by atoms with Crippen molar-refractivity contribution in [3.8, 4) is 6.07 Å². The highest BCUT2D eigenvalue weighted by Gasteiger charge is 2.28. The molecule has 1 aliphatic rings. The molecule has 0 radical (unpaired) electrons. The maximum absolute atomic E-state index is 12.8. The van der Waals surface area contributed by atoms with Crippen LogP contribution in [0.3, 0.4) is 0 Å². The number of carbonyl (C=O) groups is 1. The van der Waals surface area contributed by atoms with E-state index in [1.165, 1.54) is 23.4 Å². The smallest absolute Gasteiger partial charge is 0.339 e. The molecule has 0 bridgehead atoms. The summed E-state index contributed by atoms with van der Waals surface area (Å²) in [6, 6.07) is 6.24. The largest absolute Gasteiger partial charge is 0.444 e. The van der Waals surface area contributed by atoms with Crippen molar-refractivity contribution in [3.05, 3.63) is 29.3 Å². The number of piperidine rings is 1. The van der Waals surface area contributed by atoms with Gasteiger partial charge in [0.1, 0.15) is 6.07 Å². The Morgan fingerprint density at radius 2 is 1.96 bits per heavy atom. The van der Waals surface area contributed by atoms with Crippen LogP contribution in [0.1, 0.15) is 42.1 Å². The Labute approximate surface area is 136 Å². The molecule has 1 fully saturated rings. The number of benzene rings is 1. The molecule has 0 amide bonds. The first kappa shape index (κ1) is 17.4. The van der Waals surface area contributed by atoms with Gasteiger partial charge in [-0.05, 0) is 44.4 Å². The summed E-state index contributed by atoms with van der Waals surface area (Å²) in [5.41, 5.74) is 0.716. The lowest BCUT2D eigenvalue weighted by atomic mass is 10.1. The molecule has 0 aromatic heterocycles. The van der Waals surface area contributed by atoms with Gasteiger partial charge in [-0.15, -0.1) is 0 Å². The Balaban J connectivity index is 2.33. The fraction of sp³-hybridized carbons (Fsp3) is 0.500. The highest BCUT2D eigenvalue weighted by atomic mass is 32.2. The summed E-state index contributed by atoms with van der Waals surface area (Å²) in [6.45, 7) is 4.16. The minimum absolute atomic E-state index is 0.124. The molecule has 0 saturated carbocycles. The zero-order chi connectivity index (χ0) is 17.0. The highest BCUT2D eigenvalue weighted by molar-refractivity contribution is 7.89. The number of aryl methyl sites for hydroxylation is 1. The summed E-state index contributed by atoms with van der Waals surface area (Å²) in [4.78, 5) is 12.1. The number of ether oxygens (including phenoxy) is 1. The van der Waals surface area contributed by atoms with Gasteiger partial charge < -0.3 is 4.74 Å². The maximum atomic E-state index is 12.8. The molecule has 1 aliphatic heterocycles. The van der Waals surface area contributed by atoms with E-state index in [9.17, 15) is 13.2 Å². The van der Waals surface area contributed by atoms with E-state index in [-0.39, 0.29) is 10.5 Å². The zero-order valence-electron chi connectivity index (χ0n) is 13.3. The molecule has 1 atom stereocenters. The molecule has 124 valence electrons. The summed E-state index contributed by atoms with van der Waals surface area (Å²) in [5, 5.41) is 8.70. The van der Waals surface area contributed by atoms with Gasteiger partial charge in [-0.3, -0.25) is 0 Å². The molecular formula is C16H20N2O4S. The van der Waals surface area contributed by atoms with Gasteiger partial charge in [0.2, 0.25) is 10.0 Å². The van der Waals surface area contributed by atoms with Gasteiger partial charge >= 0.3 is 5.97 Å². The van der Waals surface area contributed by atoms with Crippen molar-refractivity contribution in [2.45, 2.75) is 44.1 Å². The molecular weight excluding hydrogens is 316 g/mol. The number of hydrogen-bond acceptors (Lipinski definition) is 5. The number of sulfonamides is 1. The predicted octanol–water partition coefficient (Wildman–Crippen LogP) is 2.24. The lowest BCUT2D eigenvalue weighted by Crippen LogP contribution is -2.36. The SMILES string of the molecule is Cc1ccc(C(=O)O[C@H](C)C#N)cc1S(=O)(=O)N1CCCCC1. The topological polar surface area (TPSA) is 87.5 Å². The van der Waals surface area contributed by atoms with E-state index >= 15 is 0 Å². The van der Waals surface area contributed by atoms with Crippen LogP contribution in [0, 0.1) is 18.3 Å². The third kappa shape index (κ3) is 3.89. The van der Waals surface area contributed by atoms with Gasteiger partial charge in [0.15, 0.2) is 6.10 Å². The summed E-state index contributed by atoms with van der Waals surface area (Å²) in [6.07, 6.45) is 1.84. The van der Waals surface area contributed by atoms with E-state index in [4.69, 9.17) is 10.00 Å². The van der Waals surface area contributed by atoms with E-state index in [0.717, 1.165) is 19.3 Å². The van der Waals surface area contributed by atoms with Crippen LogP contribution in [0.25, 0.3) is 0 Å². The minimum Gasteiger partial charge on any atom is -0.444 e. The lowest BCUT2D eigenvalue weighted by Gasteiger charge is -2.26. The van der Waals surface area contributed by atoms with Gasteiger partial charge in [0.25, 0.3) is 0 Å². The molecule has 7 heteroatoms. The van der Waals surface area contributed by atoms with Crippen LogP contribution in [0.5, 0.6) is 0 Å². The summed E-state index contributed by atoms with van der Waals surface area (Å²) in [7, 11) is -3.62. The van der Waals surface area contributed by atoms with E-state index in [1.807, 2.05) is 0 Å². The average molecular weight is 336 g/mol. The average Bonchev–Trinajstić information content (AvgIpc) is 2.55. The Kier molecular flexibility index (Phi) is 5.39. The second-order valence-corrected chi connectivity index (χ2v) is 7.53. The summed E-state index contributed by atoms with van der Waals surface area (Å²) >= 11 is 0. The molecule has 0 spiro atoms. The molecule has 0 unspecified atom stereocenters. The molecule has 1 saturated heterocycles. The number of esters is 1. The summed E-state index contributed by atoms with van der Waals surface area (Å²) < 4.78 is 32.0. The highest BCUT2D eigenvalue weighted by Crippen LogP contribution is 2.24. The molecule has 23 heavy (non-hydrogen) atoms. The third-order valence-electron chi connectivity index (χ3n) is 3.82. The second-order valence-electron chi connectivity index (χ2n) is 5.62. The van der Waals surface area contributed by atoms with Crippen LogP contribution in [0.4, 0.5) is 0 Å².